The summed E-state index contributed by atoms with van der Waals surface area (Å²) in [6, 6.07) is 14.7. The minimum Gasteiger partial charge on any atom is -0.439 e. The van der Waals surface area contributed by atoms with E-state index in [2.05, 4.69) is 4.98 Å². The molecular formula is C18H12ClFN2O4S. The first-order valence-electron chi connectivity index (χ1n) is 7.56. The standard InChI is InChI=1S/C18H12ClFN2O4S/c19-12-6-8-15(16(20)10-12)18(23)22-27(24,25)14-7-9-17(21-11-14)26-13-4-2-1-3-5-13/h1-11H,(H,22,23). The number of sulfonamides is 1. The topological polar surface area (TPSA) is 85.4 Å². The van der Waals surface area contributed by atoms with Crippen LogP contribution in [-0.2, 0) is 10.0 Å². The molecule has 0 saturated heterocycles. The first-order chi connectivity index (χ1) is 12.8. The molecule has 0 aliphatic carbocycles. The van der Waals surface area contributed by atoms with Crippen molar-refractivity contribution in [3.05, 3.63) is 83.3 Å². The number of para-hydroxylation sites is 1. The molecule has 6 nitrogen and oxygen atoms in total. The van der Waals surface area contributed by atoms with Crippen molar-refractivity contribution in [2.45, 2.75) is 4.90 Å². The Hall–Kier alpha value is -2.97. The maximum absolute atomic E-state index is 13.8. The van der Waals surface area contributed by atoms with E-state index in [0.717, 1.165) is 18.3 Å². The molecule has 1 amide bonds. The second kappa shape index (κ2) is 7.73. The van der Waals surface area contributed by atoms with Gasteiger partial charge in [0.15, 0.2) is 0 Å². The van der Waals surface area contributed by atoms with Crippen molar-refractivity contribution in [1.29, 1.82) is 0 Å². The molecule has 0 unspecified atom stereocenters. The Morgan fingerprint density at radius 3 is 2.44 bits per heavy atom. The van der Waals surface area contributed by atoms with Crippen LogP contribution in [0.5, 0.6) is 11.6 Å². The number of nitrogens with one attached hydrogen (secondary N) is 1. The van der Waals surface area contributed by atoms with Gasteiger partial charge in [0, 0.05) is 11.1 Å². The lowest BCUT2D eigenvalue weighted by atomic mass is 10.2. The Bertz CT molecular complexity index is 1070. The zero-order chi connectivity index (χ0) is 19.4. The number of pyridine rings is 1. The molecular weight excluding hydrogens is 395 g/mol. The van der Waals surface area contributed by atoms with Gasteiger partial charge in [-0.25, -0.2) is 22.5 Å². The maximum Gasteiger partial charge on any atom is 0.267 e. The lowest BCUT2D eigenvalue weighted by Gasteiger charge is -2.09. The van der Waals surface area contributed by atoms with Gasteiger partial charge in [-0.15, -0.1) is 0 Å². The first-order valence-corrected chi connectivity index (χ1v) is 9.42. The fourth-order valence-electron chi connectivity index (χ4n) is 2.10. The van der Waals surface area contributed by atoms with Gasteiger partial charge < -0.3 is 4.74 Å². The number of rotatable bonds is 5. The highest BCUT2D eigenvalue weighted by Crippen LogP contribution is 2.20. The van der Waals surface area contributed by atoms with Gasteiger partial charge in [-0.1, -0.05) is 29.8 Å². The molecule has 0 saturated carbocycles. The molecule has 0 bridgehead atoms. The monoisotopic (exact) mass is 406 g/mol. The number of hydrogen-bond acceptors (Lipinski definition) is 5. The van der Waals surface area contributed by atoms with Crippen LogP contribution in [0.1, 0.15) is 10.4 Å². The van der Waals surface area contributed by atoms with Gasteiger partial charge in [-0.3, -0.25) is 4.79 Å². The Kier molecular flexibility index (Phi) is 5.38. The van der Waals surface area contributed by atoms with Crippen LogP contribution in [0.4, 0.5) is 4.39 Å². The van der Waals surface area contributed by atoms with E-state index >= 15 is 0 Å². The third-order valence-corrected chi connectivity index (χ3v) is 4.94. The average molecular weight is 407 g/mol. The molecule has 1 heterocycles. The van der Waals surface area contributed by atoms with Crippen LogP contribution in [0, 0.1) is 5.82 Å². The van der Waals surface area contributed by atoms with Gasteiger partial charge in [0.2, 0.25) is 5.88 Å². The number of carbonyl (C=O) groups excluding carboxylic acids is 1. The summed E-state index contributed by atoms with van der Waals surface area (Å²) in [4.78, 5) is 15.7. The lowest BCUT2D eigenvalue weighted by Crippen LogP contribution is -2.31. The Morgan fingerprint density at radius 1 is 1.07 bits per heavy atom. The van der Waals surface area contributed by atoms with Crippen molar-refractivity contribution in [1.82, 2.24) is 9.71 Å². The number of benzene rings is 2. The van der Waals surface area contributed by atoms with Gasteiger partial charge in [0.25, 0.3) is 15.9 Å². The van der Waals surface area contributed by atoms with E-state index in [1.807, 2.05) is 6.07 Å². The third kappa shape index (κ3) is 4.60. The van der Waals surface area contributed by atoms with Crippen LogP contribution in [0.3, 0.4) is 0 Å². The highest BCUT2D eigenvalue weighted by molar-refractivity contribution is 7.90. The van der Waals surface area contributed by atoms with Crippen molar-refractivity contribution in [3.63, 3.8) is 0 Å². The van der Waals surface area contributed by atoms with Crippen LogP contribution in [0.15, 0.2) is 71.8 Å². The number of carbonyl (C=O) groups is 1. The molecule has 27 heavy (non-hydrogen) atoms. The number of ether oxygens (including phenoxy) is 1. The molecule has 9 heteroatoms. The summed E-state index contributed by atoms with van der Waals surface area (Å²) in [5.74, 6) is -1.34. The van der Waals surface area contributed by atoms with Crippen molar-refractivity contribution in [2.24, 2.45) is 0 Å². The fourth-order valence-corrected chi connectivity index (χ4v) is 3.17. The highest BCUT2D eigenvalue weighted by Gasteiger charge is 2.21. The number of hydrogen-bond donors (Lipinski definition) is 1. The number of aromatic nitrogens is 1. The fraction of sp³-hybridized carbons (Fsp3) is 0. The maximum atomic E-state index is 13.8. The smallest absolute Gasteiger partial charge is 0.267 e. The second-order valence-corrected chi connectivity index (χ2v) is 7.42. The van der Waals surface area contributed by atoms with Crippen LogP contribution >= 0.6 is 11.6 Å². The predicted octanol–water partition coefficient (Wildman–Crippen LogP) is 3.79. The Morgan fingerprint density at radius 2 is 1.81 bits per heavy atom. The molecule has 3 aromatic rings. The SMILES string of the molecule is O=C(NS(=O)(=O)c1ccc(Oc2ccccc2)nc1)c1ccc(Cl)cc1F. The highest BCUT2D eigenvalue weighted by atomic mass is 35.5. The zero-order valence-corrected chi connectivity index (χ0v) is 15.2. The van der Waals surface area contributed by atoms with E-state index in [4.69, 9.17) is 16.3 Å². The third-order valence-electron chi connectivity index (χ3n) is 3.39. The Labute approximate surface area is 159 Å². The molecule has 138 valence electrons. The molecule has 0 aliphatic heterocycles. The summed E-state index contributed by atoms with van der Waals surface area (Å²) in [5.41, 5.74) is -0.444. The molecule has 0 spiro atoms. The van der Waals surface area contributed by atoms with Crippen molar-refractivity contribution < 1.29 is 22.3 Å². The normalized spacial score (nSPS) is 11.0. The molecule has 3 rings (SSSR count). The lowest BCUT2D eigenvalue weighted by molar-refractivity contribution is 0.0977. The second-order valence-electron chi connectivity index (χ2n) is 5.31. The van der Waals surface area contributed by atoms with Crippen LogP contribution in [0.2, 0.25) is 5.02 Å². The molecule has 1 N–H and O–H groups in total. The van der Waals surface area contributed by atoms with Gasteiger partial charge in [-0.2, -0.15) is 0 Å². The minimum atomic E-state index is -4.24. The van der Waals surface area contributed by atoms with E-state index < -0.39 is 27.3 Å². The molecule has 0 radical (unpaired) electrons. The summed E-state index contributed by atoms with van der Waals surface area (Å²) in [6.07, 6.45) is 1.03. The summed E-state index contributed by atoms with van der Waals surface area (Å²) in [5, 5.41) is 0.0881. The minimum absolute atomic E-state index is 0.0881. The summed E-state index contributed by atoms with van der Waals surface area (Å²) >= 11 is 5.61. The average Bonchev–Trinajstić information content (AvgIpc) is 2.62. The van der Waals surface area contributed by atoms with Gasteiger partial charge in [0.05, 0.1) is 11.8 Å². The summed E-state index contributed by atoms with van der Waals surface area (Å²) in [6.45, 7) is 0. The molecule has 0 aliphatic rings. The first kappa shape index (κ1) is 18.8. The number of amides is 1. The van der Waals surface area contributed by atoms with E-state index in [0.29, 0.717) is 5.75 Å². The Balaban J connectivity index is 1.75. The van der Waals surface area contributed by atoms with Crippen LogP contribution in [-0.4, -0.2) is 19.3 Å². The largest absolute Gasteiger partial charge is 0.439 e. The summed E-state index contributed by atoms with van der Waals surface area (Å²) < 4.78 is 45.6. The van der Waals surface area contributed by atoms with Crippen molar-refractivity contribution in [2.75, 3.05) is 0 Å². The molecule has 0 fully saturated rings. The van der Waals surface area contributed by atoms with Crippen LogP contribution < -0.4 is 9.46 Å². The number of nitrogens with zero attached hydrogens (tertiary/aromatic N) is 1. The van der Waals surface area contributed by atoms with Gasteiger partial charge in [-0.05, 0) is 36.4 Å². The zero-order valence-electron chi connectivity index (χ0n) is 13.6. The quantitative estimate of drug-likeness (QED) is 0.696. The van der Waals surface area contributed by atoms with E-state index in [-0.39, 0.29) is 15.8 Å². The van der Waals surface area contributed by atoms with E-state index in [1.54, 1.807) is 29.0 Å². The van der Waals surface area contributed by atoms with Crippen molar-refractivity contribution >= 4 is 27.5 Å². The molecule has 1 aromatic heterocycles. The van der Waals surface area contributed by atoms with Crippen LogP contribution in [0.25, 0.3) is 0 Å². The molecule has 0 atom stereocenters. The van der Waals surface area contributed by atoms with E-state index in [1.165, 1.54) is 18.2 Å². The predicted molar refractivity (Wildman–Crippen MR) is 96.8 cm³/mol. The summed E-state index contributed by atoms with van der Waals surface area (Å²) in [7, 11) is -4.24. The number of halogens is 2. The molecule has 2 aromatic carbocycles. The van der Waals surface area contributed by atoms with E-state index in [9.17, 15) is 17.6 Å². The van der Waals surface area contributed by atoms with Gasteiger partial charge >= 0.3 is 0 Å². The van der Waals surface area contributed by atoms with Gasteiger partial charge in [0.1, 0.15) is 16.5 Å². The van der Waals surface area contributed by atoms with Crippen molar-refractivity contribution in [3.8, 4) is 11.6 Å².